The number of hydrogen-bond donors (Lipinski definition) is 0. The molecule has 0 saturated carbocycles. The van der Waals surface area contributed by atoms with Crippen LogP contribution in [-0.2, 0) is 0 Å². The normalized spacial score (nSPS) is 14.3. The molecule has 0 bridgehead atoms. The topological polar surface area (TPSA) is 74.2 Å². The van der Waals surface area contributed by atoms with Gasteiger partial charge in [-0.05, 0) is 90.7 Å². The van der Waals surface area contributed by atoms with Gasteiger partial charge in [0.25, 0.3) is 0 Å². The van der Waals surface area contributed by atoms with Gasteiger partial charge in [-0.25, -0.2) is 4.85 Å². The van der Waals surface area contributed by atoms with Gasteiger partial charge in [0.05, 0.1) is 91.4 Å². The van der Waals surface area contributed by atoms with E-state index in [-0.39, 0.29) is 77.7 Å². The molecule has 0 unspecified atom stereocenters. The predicted octanol–water partition coefficient (Wildman–Crippen LogP) is 20.3. The Labute approximate surface area is 489 Å². The summed E-state index contributed by atoms with van der Waals surface area (Å²) in [6.07, 6.45) is 0. The number of benzene rings is 12. The number of aromatic nitrogens is 4. The van der Waals surface area contributed by atoms with Crippen molar-refractivity contribution >= 4 is 137 Å². The van der Waals surface area contributed by atoms with Crippen molar-refractivity contribution in [1.29, 1.82) is 5.26 Å². The second-order valence-electron chi connectivity index (χ2n) is 20.7. The van der Waals surface area contributed by atoms with Crippen LogP contribution in [0.15, 0.2) is 245 Å². The summed E-state index contributed by atoms with van der Waals surface area (Å²) in [5.41, 5.74) is 3.98. The van der Waals surface area contributed by atoms with Gasteiger partial charge in [0.1, 0.15) is 17.2 Å². The number of rotatable bonds is 5. The van der Waals surface area contributed by atoms with E-state index in [0.29, 0.717) is 44.3 Å². The summed E-state index contributed by atoms with van der Waals surface area (Å²) in [5.74, 6) is 0. The lowest BCUT2D eigenvalue weighted by Gasteiger charge is -2.27. The second kappa shape index (κ2) is 16.7. The molecule has 0 aliphatic rings. The maximum absolute atomic E-state index is 13.0. The van der Waals surface area contributed by atoms with Crippen LogP contribution in [0.25, 0.3) is 170 Å². The van der Waals surface area contributed by atoms with E-state index < -0.39 is 66.8 Å². The molecule has 8 nitrogen and oxygen atoms in total. The maximum atomic E-state index is 13.0. The molecule has 0 amide bonds. The van der Waals surface area contributed by atoms with Crippen LogP contribution in [0.2, 0.25) is 0 Å². The van der Waals surface area contributed by atoms with E-state index in [1.165, 1.54) is 4.57 Å². The molecule has 0 N–H and O–H groups in total. The van der Waals surface area contributed by atoms with Crippen LogP contribution in [0, 0.1) is 24.8 Å². The van der Waals surface area contributed by atoms with Crippen LogP contribution in [0.5, 0.6) is 0 Å². The minimum Gasteiger partial charge on any atom is -0.454 e. The molecule has 0 spiro atoms. The minimum atomic E-state index is -3.19. The third kappa shape index (κ3) is 6.00. The van der Waals surface area contributed by atoms with Crippen molar-refractivity contribution in [3.63, 3.8) is 0 Å². The van der Waals surface area contributed by atoms with Gasteiger partial charge in [0.2, 0.25) is 5.69 Å². The van der Waals surface area contributed by atoms with Crippen LogP contribution in [0.4, 0.5) is 5.69 Å². The fraction of sp³-hybridized carbons (Fsp3) is 0.0133. The number of hydrogen-bond acceptors (Lipinski definition) is 3. The average Bonchev–Trinajstić information content (AvgIpc) is 1.53. The van der Waals surface area contributed by atoms with E-state index in [9.17, 15) is 21.4 Å². The first-order chi connectivity index (χ1) is 46.0. The molecule has 0 saturated heterocycles. The molecular formula is C75H42N6O2. The third-order valence-electron chi connectivity index (χ3n) is 16.6. The maximum Gasteiger partial charge on any atom is 0.237 e. The summed E-state index contributed by atoms with van der Waals surface area (Å²) in [7, 11) is 0. The average molecular weight is 1070 g/mol. The van der Waals surface area contributed by atoms with Crippen molar-refractivity contribution in [3.05, 3.63) is 259 Å². The highest BCUT2D eigenvalue weighted by Gasteiger charge is 2.36. The van der Waals surface area contributed by atoms with Crippen molar-refractivity contribution in [3.8, 4) is 39.9 Å². The van der Waals surface area contributed by atoms with Crippen LogP contribution in [-0.4, -0.2) is 18.3 Å². The van der Waals surface area contributed by atoms with E-state index in [2.05, 4.69) is 17.0 Å². The monoisotopic (exact) mass is 1070 g/mol. The van der Waals surface area contributed by atoms with Gasteiger partial charge in [0, 0.05) is 68.7 Å². The molecule has 6 heterocycles. The van der Waals surface area contributed by atoms with E-state index >= 15 is 0 Å². The second-order valence-corrected chi connectivity index (χ2v) is 20.7. The lowest BCUT2D eigenvalue weighted by molar-refractivity contribution is 0.670. The zero-order chi connectivity index (χ0) is 65.1. The van der Waals surface area contributed by atoms with E-state index in [4.69, 9.17) is 15.7 Å². The molecular weight excluding hydrogens is 1020 g/mol. The van der Waals surface area contributed by atoms with E-state index in [1.54, 1.807) is 0 Å². The van der Waals surface area contributed by atoms with Crippen molar-refractivity contribution < 1.29 is 25.3 Å². The molecule has 0 aliphatic carbocycles. The van der Waals surface area contributed by atoms with E-state index in [0.717, 1.165) is 54.2 Å². The van der Waals surface area contributed by atoms with Crippen molar-refractivity contribution in [2.75, 3.05) is 0 Å². The first-order valence-electron chi connectivity index (χ1n) is 32.9. The standard InChI is InChI=1S/C75H42N6O2/c1-43-32-38-63-56(40-43)52-34-36-55-51-25-11-17-31-66(51)83-75(55)71(52)81(63)73-69(78-59-26-12-6-20-46(59)47-21-7-13-27-60(47)78)58(42-76)68(67(77-2)72(73)79-61-28-14-8-22-48(61)49-23-9-15-29-62(49)79)80-64-39-33-45(44-18-4-3-5-19-44)41-57(64)53-35-37-54-50-24-10-16-30-65(50)82-74(54)70(53)80/h3-41H,1H3/i1D3,11D,17D,25D,31D,32D,34D,36D,38D,40D. The Hall–Kier alpha value is -11.6. The smallest absolute Gasteiger partial charge is 0.237 e. The van der Waals surface area contributed by atoms with Crippen molar-refractivity contribution in [2.24, 2.45) is 0 Å². The zero-order valence-electron chi connectivity index (χ0n) is 55.3. The van der Waals surface area contributed by atoms with Gasteiger partial charge in [0.15, 0.2) is 11.2 Å². The highest BCUT2D eigenvalue weighted by atomic mass is 16.3. The summed E-state index contributed by atoms with van der Waals surface area (Å²) in [4.78, 5) is 4.69. The lowest BCUT2D eigenvalue weighted by atomic mass is 10.0. The molecule has 18 aromatic rings. The van der Waals surface area contributed by atoms with E-state index in [1.807, 2.05) is 190 Å². The molecule has 0 atom stereocenters. The number of furan rings is 2. The Morgan fingerprint density at radius 2 is 0.988 bits per heavy atom. The molecule has 0 fully saturated rings. The quantitative estimate of drug-likeness (QED) is 0.161. The van der Waals surface area contributed by atoms with Crippen LogP contribution in [0.1, 0.15) is 27.6 Å². The molecule has 8 heteroatoms. The van der Waals surface area contributed by atoms with Crippen molar-refractivity contribution in [2.45, 2.75) is 6.85 Å². The largest absolute Gasteiger partial charge is 0.454 e. The molecule has 0 aliphatic heterocycles. The molecule has 6 aromatic heterocycles. The summed E-state index contributed by atoms with van der Waals surface area (Å²) in [6, 6.07) is 54.7. The third-order valence-corrected chi connectivity index (χ3v) is 16.6. The summed E-state index contributed by atoms with van der Waals surface area (Å²) >= 11 is 0. The lowest BCUT2D eigenvalue weighted by Crippen LogP contribution is -2.14. The number of nitrogens with zero attached hydrogens (tertiary/aromatic N) is 6. The van der Waals surface area contributed by atoms with Gasteiger partial charge >= 0.3 is 0 Å². The Balaban J connectivity index is 1.20. The summed E-state index contributed by atoms with van der Waals surface area (Å²) < 4.78 is 135. The first-order valence-corrected chi connectivity index (χ1v) is 26.9. The van der Waals surface area contributed by atoms with Gasteiger partial charge in [-0.3, -0.25) is 0 Å². The van der Waals surface area contributed by atoms with Crippen LogP contribution >= 0.6 is 0 Å². The Morgan fingerprint density at radius 1 is 0.422 bits per heavy atom. The minimum absolute atomic E-state index is 0.0575. The van der Waals surface area contributed by atoms with Gasteiger partial charge < -0.3 is 27.1 Å². The van der Waals surface area contributed by atoms with Gasteiger partial charge in [-0.1, -0.05) is 169 Å². The molecule has 83 heavy (non-hydrogen) atoms. The molecule has 0 radical (unpaired) electrons. The molecule has 18 rings (SSSR count). The Kier molecular flexibility index (Phi) is 7.08. The summed E-state index contributed by atoms with van der Waals surface area (Å²) in [6.45, 7) is 6.90. The molecule has 384 valence electrons. The highest BCUT2D eigenvalue weighted by Crippen LogP contribution is 2.54. The Bertz CT molecular complexity index is 6410. The van der Waals surface area contributed by atoms with Gasteiger partial charge in [-0.2, -0.15) is 5.26 Å². The number of nitriles is 1. The zero-order valence-corrected chi connectivity index (χ0v) is 43.3. The number of fused-ring (bicyclic) bond motifs is 20. The number of para-hydroxylation sites is 6. The fourth-order valence-corrected chi connectivity index (χ4v) is 13.3. The summed E-state index contributed by atoms with van der Waals surface area (Å²) in [5, 5.41) is 17.9. The van der Waals surface area contributed by atoms with Crippen molar-refractivity contribution in [1.82, 2.24) is 18.3 Å². The fourth-order valence-electron chi connectivity index (χ4n) is 13.3. The van der Waals surface area contributed by atoms with Crippen LogP contribution in [0.3, 0.4) is 0 Å². The highest BCUT2D eigenvalue weighted by molar-refractivity contribution is 6.25. The predicted molar refractivity (Wildman–Crippen MR) is 340 cm³/mol. The molecule has 12 aromatic carbocycles. The van der Waals surface area contributed by atoms with Crippen LogP contribution < -0.4 is 0 Å². The SMILES string of the molecule is [2H]c1c([2H])c([2H])c2c(oc3c2c([2H])c([2H])c2c4c([2H])c(C([2H])([2H])[2H])c([2H])c([2H])c4n(-c4c(-n5c6ccccc6c6ccccc65)c(C#N)c(-n5c6ccc(-c7ccccc7)cc6c6ccc7c8ccccc8oc7c65)c([N+]#[C-])c4-n4c5ccccc5c5ccccc54)c32)c1[2H]. The first kappa shape index (κ1) is 35.1. The van der Waals surface area contributed by atoms with Gasteiger partial charge in [-0.15, -0.1) is 0 Å². The Morgan fingerprint density at radius 3 is 1.67 bits per heavy atom.